The van der Waals surface area contributed by atoms with Gasteiger partial charge in [0.1, 0.15) is 0 Å². The zero-order valence-corrected chi connectivity index (χ0v) is 14.9. The van der Waals surface area contributed by atoms with Gasteiger partial charge < -0.3 is 5.11 Å². The molecule has 1 aromatic rings. The molecule has 0 saturated carbocycles. The highest BCUT2D eigenvalue weighted by molar-refractivity contribution is 7.88. The van der Waals surface area contributed by atoms with Crippen LogP contribution in [0.2, 0.25) is 0 Å². The first kappa shape index (κ1) is 17.4. The normalized spacial score (nSPS) is 28.2. The Morgan fingerprint density at radius 2 is 1.92 bits per heavy atom. The Balaban J connectivity index is 1.80. The molecular formula is C17H24N2O4S. The van der Waals surface area contributed by atoms with Gasteiger partial charge in [0.25, 0.3) is 0 Å². The van der Waals surface area contributed by atoms with E-state index in [1.165, 1.54) is 15.4 Å². The van der Waals surface area contributed by atoms with E-state index in [-0.39, 0.29) is 12.5 Å². The fourth-order valence-electron chi connectivity index (χ4n) is 4.10. The van der Waals surface area contributed by atoms with Crippen molar-refractivity contribution in [2.75, 3.05) is 32.4 Å². The van der Waals surface area contributed by atoms with Gasteiger partial charge in [0, 0.05) is 38.6 Å². The molecule has 0 amide bonds. The standard InChI is InChI=1S/C17H24N2O4S/c1-3-13-6-4-5-7-14(13)8-18-9-15-10-19(24(2,22)23)12-17(15,11-18)16(20)21/h4-7,15H,3,8-12H2,1-2H3,(H,20,21)/t15-,17-/m0/s1. The van der Waals surface area contributed by atoms with Crippen LogP contribution >= 0.6 is 0 Å². The van der Waals surface area contributed by atoms with E-state index in [2.05, 4.69) is 24.0 Å². The summed E-state index contributed by atoms with van der Waals surface area (Å²) in [6.07, 6.45) is 2.10. The predicted molar refractivity (Wildman–Crippen MR) is 91.1 cm³/mol. The highest BCUT2D eigenvalue weighted by atomic mass is 32.2. The lowest BCUT2D eigenvalue weighted by Gasteiger charge is -2.25. The Bertz CT molecular complexity index is 749. The van der Waals surface area contributed by atoms with Crippen molar-refractivity contribution in [2.45, 2.75) is 19.9 Å². The molecule has 2 aliphatic rings. The number of likely N-dealkylation sites (tertiary alicyclic amines) is 1. The summed E-state index contributed by atoms with van der Waals surface area (Å²) in [6.45, 7) is 4.23. The molecule has 3 rings (SSSR count). The molecule has 132 valence electrons. The van der Waals surface area contributed by atoms with Crippen LogP contribution in [0.4, 0.5) is 0 Å². The minimum absolute atomic E-state index is 0.0811. The van der Waals surface area contributed by atoms with Crippen molar-refractivity contribution in [2.24, 2.45) is 11.3 Å². The molecular weight excluding hydrogens is 328 g/mol. The van der Waals surface area contributed by atoms with E-state index in [4.69, 9.17) is 0 Å². The Morgan fingerprint density at radius 1 is 1.25 bits per heavy atom. The van der Waals surface area contributed by atoms with E-state index in [0.29, 0.717) is 26.2 Å². The first-order chi connectivity index (χ1) is 11.3. The average Bonchev–Trinajstić information content (AvgIpc) is 3.02. The molecule has 0 aromatic heterocycles. The van der Waals surface area contributed by atoms with E-state index < -0.39 is 21.4 Å². The molecule has 24 heavy (non-hydrogen) atoms. The van der Waals surface area contributed by atoms with Crippen molar-refractivity contribution in [3.8, 4) is 0 Å². The average molecular weight is 352 g/mol. The number of carboxylic acids is 1. The summed E-state index contributed by atoms with van der Waals surface area (Å²) in [5, 5.41) is 9.79. The summed E-state index contributed by atoms with van der Waals surface area (Å²) in [5.74, 6) is -1.04. The second-order valence-corrected chi connectivity index (χ2v) is 8.99. The maximum Gasteiger partial charge on any atom is 0.312 e. The fourth-order valence-corrected chi connectivity index (χ4v) is 5.01. The molecule has 2 heterocycles. The summed E-state index contributed by atoms with van der Waals surface area (Å²) >= 11 is 0. The van der Waals surface area contributed by atoms with Crippen LogP contribution in [0, 0.1) is 11.3 Å². The third kappa shape index (κ3) is 2.96. The van der Waals surface area contributed by atoms with Gasteiger partial charge in [-0.3, -0.25) is 9.69 Å². The molecule has 6 nitrogen and oxygen atoms in total. The van der Waals surface area contributed by atoms with Gasteiger partial charge in [0.05, 0.1) is 11.7 Å². The number of sulfonamides is 1. The summed E-state index contributed by atoms with van der Waals surface area (Å²) in [5.41, 5.74) is 1.52. The van der Waals surface area contributed by atoms with Gasteiger partial charge in [-0.15, -0.1) is 0 Å². The van der Waals surface area contributed by atoms with Gasteiger partial charge in [-0.1, -0.05) is 31.2 Å². The van der Waals surface area contributed by atoms with Crippen LogP contribution in [-0.4, -0.2) is 61.1 Å². The first-order valence-electron chi connectivity index (χ1n) is 8.24. The smallest absolute Gasteiger partial charge is 0.312 e. The summed E-state index contributed by atoms with van der Waals surface area (Å²) in [4.78, 5) is 14.1. The van der Waals surface area contributed by atoms with Crippen molar-refractivity contribution in [3.63, 3.8) is 0 Å². The van der Waals surface area contributed by atoms with E-state index >= 15 is 0 Å². The number of hydrogen-bond donors (Lipinski definition) is 1. The van der Waals surface area contributed by atoms with Crippen LogP contribution < -0.4 is 0 Å². The molecule has 0 radical (unpaired) electrons. The van der Waals surface area contributed by atoms with Crippen molar-refractivity contribution in [3.05, 3.63) is 35.4 Å². The van der Waals surface area contributed by atoms with E-state index in [1.54, 1.807) is 0 Å². The molecule has 0 aliphatic carbocycles. The number of fused-ring (bicyclic) bond motifs is 1. The van der Waals surface area contributed by atoms with Crippen LogP contribution in [0.1, 0.15) is 18.1 Å². The SMILES string of the molecule is CCc1ccccc1CN1C[C@H]2CN(S(C)(=O)=O)C[C@@]2(C(=O)O)C1. The Labute approximate surface area is 143 Å². The number of nitrogens with zero attached hydrogens (tertiary/aromatic N) is 2. The molecule has 2 atom stereocenters. The third-order valence-corrected chi connectivity index (χ3v) is 6.65. The second kappa shape index (κ2) is 6.13. The molecule has 2 fully saturated rings. The van der Waals surface area contributed by atoms with Gasteiger partial charge >= 0.3 is 5.97 Å². The summed E-state index contributed by atoms with van der Waals surface area (Å²) in [6, 6.07) is 8.21. The number of hydrogen-bond acceptors (Lipinski definition) is 4. The molecule has 0 unspecified atom stereocenters. The zero-order chi connectivity index (χ0) is 17.5. The van der Waals surface area contributed by atoms with E-state index in [0.717, 1.165) is 12.7 Å². The van der Waals surface area contributed by atoms with Crippen LogP contribution in [0.15, 0.2) is 24.3 Å². The lowest BCUT2D eigenvalue weighted by Crippen LogP contribution is -2.41. The molecule has 7 heteroatoms. The maximum absolute atomic E-state index is 12.0. The van der Waals surface area contributed by atoms with Crippen LogP contribution in [0.5, 0.6) is 0 Å². The maximum atomic E-state index is 12.0. The number of rotatable bonds is 5. The van der Waals surface area contributed by atoms with Gasteiger partial charge in [-0.25, -0.2) is 12.7 Å². The minimum atomic E-state index is -3.35. The van der Waals surface area contributed by atoms with Crippen LogP contribution in [0.25, 0.3) is 0 Å². The van der Waals surface area contributed by atoms with Crippen molar-refractivity contribution < 1.29 is 18.3 Å². The Kier molecular flexibility index (Phi) is 4.44. The van der Waals surface area contributed by atoms with Crippen molar-refractivity contribution >= 4 is 16.0 Å². The van der Waals surface area contributed by atoms with Crippen molar-refractivity contribution in [1.82, 2.24) is 9.21 Å². The minimum Gasteiger partial charge on any atom is -0.481 e. The lowest BCUT2D eigenvalue weighted by molar-refractivity contribution is -0.148. The first-order valence-corrected chi connectivity index (χ1v) is 10.1. The van der Waals surface area contributed by atoms with Crippen molar-refractivity contribution in [1.29, 1.82) is 0 Å². The third-order valence-electron chi connectivity index (χ3n) is 5.44. The molecule has 1 N–H and O–H groups in total. The van der Waals surface area contributed by atoms with E-state index in [1.807, 2.05) is 12.1 Å². The van der Waals surface area contributed by atoms with Crippen LogP contribution in [-0.2, 0) is 27.8 Å². The molecule has 0 bridgehead atoms. The van der Waals surface area contributed by atoms with Gasteiger partial charge in [-0.05, 0) is 17.5 Å². The van der Waals surface area contributed by atoms with Gasteiger partial charge in [-0.2, -0.15) is 0 Å². The highest BCUT2D eigenvalue weighted by Gasteiger charge is 2.59. The lowest BCUT2D eigenvalue weighted by atomic mass is 9.81. The Hall–Kier alpha value is -1.44. The molecule has 1 aromatic carbocycles. The number of aryl methyl sites for hydroxylation is 1. The van der Waals surface area contributed by atoms with Gasteiger partial charge in [0.2, 0.25) is 10.0 Å². The summed E-state index contributed by atoms with van der Waals surface area (Å²) < 4.78 is 24.9. The Morgan fingerprint density at radius 3 is 2.46 bits per heavy atom. The predicted octanol–water partition coefficient (Wildman–Crippen LogP) is 1.03. The number of benzene rings is 1. The number of carbonyl (C=O) groups is 1. The largest absolute Gasteiger partial charge is 0.481 e. The topological polar surface area (TPSA) is 77.9 Å². The number of carboxylic acid groups (broad SMARTS) is 1. The molecule has 2 aliphatic heterocycles. The fraction of sp³-hybridized carbons (Fsp3) is 0.588. The zero-order valence-electron chi connectivity index (χ0n) is 14.1. The second-order valence-electron chi connectivity index (χ2n) is 7.01. The number of aliphatic carboxylic acids is 1. The highest BCUT2D eigenvalue weighted by Crippen LogP contribution is 2.44. The van der Waals surface area contributed by atoms with Gasteiger partial charge in [0.15, 0.2) is 0 Å². The van der Waals surface area contributed by atoms with E-state index in [9.17, 15) is 18.3 Å². The van der Waals surface area contributed by atoms with Crippen LogP contribution in [0.3, 0.4) is 0 Å². The monoisotopic (exact) mass is 352 g/mol. The molecule has 2 saturated heterocycles. The quantitative estimate of drug-likeness (QED) is 0.856. The molecule has 0 spiro atoms. The summed E-state index contributed by atoms with van der Waals surface area (Å²) in [7, 11) is -3.35.